The van der Waals surface area contributed by atoms with Crippen LogP contribution in [0.25, 0.3) is 11.0 Å². The van der Waals surface area contributed by atoms with Crippen molar-refractivity contribution >= 4 is 34.1 Å². The fourth-order valence-electron chi connectivity index (χ4n) is 3.81. The molecule has 0 aliphatic carbocycles. The standard InChI is InChI=1S/C24H21FN4O2/c25-17-6-8-18(9-7-17)26-23-20-10-15-31-22(20)16-21(27-23)24(30)29-13-11-28(12-14-29)19-4-2-1-3-5-19/h1-10,15-16H,11-14H2,(H,26,27). The molecule has 0 saturated carbocycles. The molecule has 5 rings (SSSR count). The third-order valence-corrected chi connectivity index (χ3v) is 5.46. The third-order valence-electron chi connectivity index (χ3n) is 5.46. The Morgan fingerprint density at radius 1 is 0.968 bits per heavy atom. The summed E-state index contributed by atoms with van der Waals surface area (Å²) in [6.45, 7) is 2.76. The highest BCUT2D eigenvalue weighted by Gasteiger charge is 2.24. The van der Waals surface area contributed by atoms with Gasteiger partial charge in [0.2, 0.25) is 0 Å². The van der Waals surface area contributed by atoms with E-state index in [9.17, 15) is 9.18 Å². The molecule has 1 amide bonds. The minimum absolute atomic E-state index is 0.131. The summed E-state index contributed by atoms with van der Waals surface area (Å²) in [5, 5.41) is 3.93. The predicted octanol–water partition coefficient (Wildman–Crippen LogP) is 4.67. The highest BCUT2D eigenvalue weighted by Crippen LogP contribution is 2.27. The van der Waals surface area contributed by atoms with E-state index in [-0.39, 0.29) is 11.7 Å². The van der Waals surface area contributed by atoms with Crippen molar-refractivity contribution in [2.24, 2.45) is 0 Å². The minimum atomic E-state index is -0.314. The van der Waals surface area contributed by atoms with Gasteiger partial charge in [-0.3, -0.25) is 4.79 Å². The first-order valence-corrected chi connectivity index (χ1v) is 10.2. The summed E-state index contributed by atoms with van der Waals surface area (Å²) >= 11 is 0. The summed E-state index contributed by atoms with van der Waals surface area (Å²) in [7, 11) is 0. The van der Waals surface area contributed by atoms with Crippen molar-refractivity contribution < 1.29 is 13.6 Å². The van der Waals surface area contributed by atoms with Crippen LogP contribution in [0.3, 0.4) is 0 Å². The van der Waals surface area contributed by atoms with Gasteiger partial charge in [0.1, 0.15) is 22.9 Å². The Balaban J connectivity index is 1.36. The maximum absolute atomic E-state index is 13.2. The molecule has 2 aromatic heterocycles. The van der Waals surface area contributed by atoms with Crippen LogP contribution < -0.4 is 10.2 Å². The number of benzene rings is 2. The Labute approximate surface area is 178 Å². The molecule has 1 N–H and O–H groups in total. The van der Waals surface area contributed by atoms with Crippen molar-refractivity contribution in [3.63, 3.8) is 0 Å². The van der Waals surface area contributed by atoms with Crippen LogP contribution in [0, 0.1) is 5.82 Å². The van der Waals surface area contributed by atoms with Crippen molar-refractivity contribution in [3.8, 4) is 0 Å². The summed E-state index contributed by atoms with van der Waals surface area (Å²) in [6.07, 6.45) is 1.56. The maximum Gasteiger partial charge on any atom is 0.272 e. The van der Waals surface area contributed by atoms with Crippen LogP contribution in [0.2, 0.25) is 0 Å². The lowest BCUT2D eigenvalue weighted by atomic mass is 10.2. The second kappa shape index (κ2) is 8.10. The van der Waals surface area contributed by atoms with E-state index in [4.69, 9.17) is 4.42 Å². The molecule has 6 nitrogen and oxygen atoms in total. The van der Waals surface area contributed by atoms with E-state index in [0.717, 1.165) is 24.2 Å². The predicted molar refractivity (Wildman–Crippen MR) is 118 cm³/mol. The number of pyridine rings is 1. The van der Waals surface area contributed by atoms with E-state index in [1.165, 1.54) is 12.1 Å². The van der Waals surface area contributed by atoms with Gasteiger partial charge in [0.05, 0.1) is 11.6 Å². The topological polar surface area (TPSA) is 61.6 Å². The van der Waals surface area contributed by atoms with Crippen LogP contribution in [-0.4, -0.2) is 42.0 Å². The van der Waals surface area contributed by atoms with Gasteiger partial charge < -0.3 is 19.5 Å². The Morgan fingerprint density at radius 2 is 1.71 bits per heavy atom. The van der Waals surface area contributed by atoms with Crippen molar-refractivity contribution in [2.75, 3.05) is 36.4 Å². The lowest BCUT2D eigenvalue weighted by Crippen LogP contribution is -2.49. The molecule has 0 radical (unpaired) electrons. The third kappa shape index (κ3) is 3.94. The first-order valence-electron chi connectivity index (χ1n) is 10.2. The monoisotopic (exact) mass is 416 g/mol. The number of nitrogens with one attached hydrogen (secondary N) is 1. The quantitative estimate of drug-likeness (QED) is 0.524. The van der Waals surface area contributed by atoms with Gasteiger partial charge in [0, 0.05) is 43.6 Å². The zero-order chi connectivity index (χ0) is 21.2. The molecular formula is C24H21FN4O2. The lowest BCUT2D eigenvalue weighted by Gasteiger charge is -2.36. The maximum atomic E-state index is 13.2. The first-order chi connectivity index (χ1) is 15.2. The van der Waals surface area contributed by atoms with Crippen molar-refractivity contribution in [1.29, 1.82) is 0 Å². The number of furan rings is 1. The van der Waals surface area contributed by atoms with Gasteiger partial charge in [0.15, 0.2) is 0 Å². The molecule has 1 aliphatic rings. The number of carbonyl (C=O) groups is 1. The van der Waals surface area contributed by atoms with Gasteiger partial charge in [-0.2, -0.15) is 0 Å². The van der Waals surface area contributed by atoms with Crippen LogP contribution in [0.5, 0.6) is 0 Å². The van der Waals surface area contributed by atoms with Gasteiger partial charge in [0.25, 0.3) is 5.91 Å². The molecule has 3 heterocycles. The van der Waals surface area contributed by atoms with Crippen LogP contribution in [0.15, 0.2) is 77.4 Å². The number of carbonyl (C=O) groups excluding carboxylic acids is 1. The van der Waals surface area contributed by atoms with E-state index in [2.05, 4.69) is 27.3 Å². The summed E-state index contributed by atoms with van der Waals surface area (Å²) in [4.78, 5) is 21.8. The molecule has 7 heteroatoms. The molecule has 1 aliphatic heterocycles. The fraction of sp³-hybridized carbons (Fsp3) is 0.167. The Morgan fingerprint density at radius 3 is 2.45 bits per heavy atom. The fourth-order valence-corrected chi connectivity index (χ4v) is 3.81. The zero-order valence-corrected chi connectivity index (χ0v) is 16.8. The molecule has 4 aromatic rings. The highest BCUT2D eigenvalue weighted by molar-refractivity contribution is 5.99. The second-order valence-electron chi connectivity index (χ2n) is 7.44. The number of para-hydroxylation sites is 1. The molecule has 0 unspecified atom stereocenters. The van der Waals surface area contributed by atoms with Crippen molar-refractivity contribution in [3.05, 3.63) is 84.5 Å². The first kappa shape index (κ1) is 19.1. The number of hydrogen-bond donors (Lipinski definition) is 1. The average Bonchev–Trinajstić information content (AvgIpc) is 3.30. The summed E-state index contributed by atoms with van der Waals surface area (Å²) < 4.78 is 18.8. The molecule has 156 valence electrons. The van der Waals surface area contributed by atoms with Crippen LogP contribution in [0.4, 0.5) is 21.6 Å². The molecule has 0 atom stereocenters. The molecule has 31 heavy (non-hydrogen) atoms. The average molecular weight is 416 g/mol. The van der Waals surface area contributed by atoms with E-state index < -0.39 is 0 Å². The Hall–Kier alpha value is -3.87. The number of amides is 1. The van der Waals surface area contributed by atoms with Gasteiger partial charge in [-0.05, 0) is 42.5 Å². The van der Waals surface area contributed by atoms with E-state index in [1.807, 2.05) is 23.1 Å². The lowest BCUT2D eigenvalue weighted by molar-refractivity contribution is 0.0741. The van der Waals surface area contributed by atoms with E-state index in [0.29, 0.717) is 35.9 Å². The van der Waals surface area contributed by atoms with E-state index >= 15 is 0 Å². The van der Waals surface area contributed by atoms with Gasteiger partial charge in [-0.1, -0.05) is 18.2 Å². The number of fused-ring (bicyclic) bond motifs is 1. The summed E-state index contributed by atoms with van der Waals surface area (Å²) in [5.41, 5.74) is 2.74. The van der Waals surface area contributed by atoms with Gasteiger partial charge in [-0.25, -0.2) is 9.37 Å². The molecule has 0 bridgehead atoms. The number of rotatable bonds is 4. The zero-order valence-electron chi connectivity index (χ0n) is 16.8. The van der Waals surface area contributed by atoms with E-state index in [1.54, 1.807) is 30.5 Å². The number of aromatic nitrogens is 1. The largest absolute Gasteiger partial charge is 0.464 e. The van der Waals surface area contributed by atoms with Crippen molar-refractivity contribution in [1.82, 2.24) is 9.88 Å². The molecule has 2 aromatic carbocycles. The molecular weight excluding hydrogens is 395 g/mol. The smallest absolute Gasteiger partial charge is 0.272 e. The number of anilines is 3. The summed E-state index contributed by atoms with van der Waals surface area (Å²) in [5.74, 6) is 0.0582. The Kier molecular flexibility index (Phi) is 5.00. The van der Waals surface area contributed by atoms with Gasteiger partial charge >= 0.3 is 0 Å². The Bertz CT molecular complexity index is 1200. The number of halogens is 1. The molecule has 1 fully saturated rings. The number of hydrogen-bond acceptors (Lipinski definition) is 5. The number of nitrogens with zero attached hydrogens (tertiary/aromatic N) is 3. The highest BCUT2D eigenvalue weighted by atomic mass is 19.1. The van der Waals surface area contributed by atoms with Crippen molar-refractivity contribution in [2.45, 2.75) is 0 Å². The van der Waals surface area contributed by atoms with Crippen LogP contribution in [-0.2, 0) is 0 Å². The molecule has 1 saturated heterocycles. The SMILES string of the molecule is O=C(c1cc2occc2c(Nc2ccc(F)cc2)n1)N1CCN(c2ccccc2)CC1. The minimum Gasteiger partial charge on any atom is -0.464 e. The normalized spacial score (nSPS) is 14.1. The van der Waals surface area contributed by atoms with Gasteiger partial charge in [-0.15, -0.1) is 0 Å². The summed E-state index contributed by atoms with van der Waals surface area (Å²) in [6, 6.07) is 19.7. The second-order valence-corrected chi connectivity index (χ2v) is 7.44. The number of piperazine rings is 1. The molecule has 0 spiro atoms. The van der Waals surface area contributed by atoms with Crippen LogP contribution in [0.1, 0.15) is 10.5 Å². The van der Waals surface area contributed by atoms with Crippen LogP contribution >= 0.6 is 0 Å².